The topological polar surface area (TPSA) is 75.6 Å². The molecular weight excluding hydrogens is 294 g/mol. The van der Waals surface area contributed by atoms with E-state index in [9.17, 15) is 14.7 Å². The molecule has 0 aliphatic carbocycles. The Morgan fingerprint density at radius 2 is 1.78 bits per heavy atom. The molecule has 0 heterocycles. The van der Waals surface area contributed by atoms with Crippen molar-refractivity contribution in [2.45, 2.75) is 33.6 Å². The third-order valence-electron chi connectivity index (χ3n) is 3.78. The summed E-state index contributed by atoms with van der Waals surface area (Å²) in [5, 5.41) is 12.0. The molecule has 0 saturated carbocycles. The van der Waals surface area contributed by atoms with Gasteiger partial charge in [-0.15, -0.1) is 0 Å². The maximum absolute atomic E-state index is 12.2. The summed E-state index contributed by atoms with van der Waals surface area (Å²) in [7, 11) is 1.61. The van der Waals surface area contributed by atoms with E-state index in [1.165, 1.54) is 0 Å². The molecule has 0 aliphatic rings. The second kappa shape index (κ2) is 9.18. The highest BCUT2D eigenvalue weighted by molar-refractivity contribution is 5.79. The number of nitrogens with one attached hydrogen (secondary N) is 1. The third kappa shape index (κ3) is 6.72. The summed E-state index contributed by atoms with van der Waals surface area (Å²) in [6.07, 6.45) is 1.17. The Morgan fingerprint density at radius 1 is 1.17 bits per heavy atom. The van der Waals surface area contributed by atoms with Crippen molar-refractivity contribution in [3.05, 3.63) is 29.8 Å². The van der Waals surface area contributed by atoms with Gasteiger partial charge in [0.15, 0.2) is 0 Å². The Balaban J connectivity index is 2.50. The van der Waals surface area contributed by atoms with E-state index in [-0.39, 0.29) is 24.3 Å². The Labute approximate surface area is 138 Å². The predicted octanol–water partition coefficient (Wildman–Crippen LogP) is 2.74. The number of benzene rings is 1. The molecule has 128 valence electrons. The number of hydrogen-bond acceptors (Lipinski definition) is 3. The zero-order valence-corrected chi connectivity index (χ0v) is 14.3. The molecule has 1 amide bonds. The molecule has 2 N–H and O–H groups in total. The van der Waals surface area contributed by atoms with Gasteiger partial charge < -0.3 is 15.2 Å². The molecule has 0 aromatic heterocycles. The van der Waals surface area contributed by atoms with Gasteiger partial charge in [-0.3, -0.25) is 9.59 Å². The minimum absolute atomic E-state index is 0.115. The molecule has 0 spiro atoms. The van der Waals surface area contributed by atoms with Crippen LogP contribution in [-0.2, 0) is 16.0 Å². The monoisotopic (exact) mass is 321 g/mol. The van der Waals surface area contributed by atoms with Crippen LogP contribution < -0.4 is 10.1 Å². The Hall–Kier alpha value is -2.04. The number of carbonyl (C=O) groups excluding carboxylic acids is 1. The van der Waals surface area contributed by atoms with Crippen molar-refractivity contribution in [2.24, 2.45) is 17.8 Å². The first kappa shape index (κ1) is 19.0. The van der Waals surface area contributed by atoms with Crippen LogP contribution in [-0.4, -0.2) is 30.6 Å². The first-order chi connectivity index (χ1) is 10.8. The van der Waals surface area contributed by atoms with E-state index in [0.29, 0.717) is 12.8 Å². The molecule has 0 fully saturated rings. The summed E-state index contributed by atoms with van der Waals surface area (Å²) in [6, 6.07) is 7.59. The summed E-state index contributed by atoms with van der Waals surface area (Å²) < 4.78 is 5.11. The molecule has 0 bridgehead atoms. The maximum atomic E-state index is 12.2. The lowest BCUT2D eigenvalue weighted by Crippen LogP contribution is -2.37. The number of rotatable bonds is 9. The molecule has 2 unspecified atom stereocenters. The highest BCUT2D eigenvalue weighted by Crippen LogP contribution is 2.15. The molecule has 0 saturated heterocycles. The number of carbonyl (C=O) groups is 2. The lowest BCUT2D eigenvalue weighted by Gasteiger charge is -2.17. The summed E-state index contributed by atoms with van der Waals surface area (Å²) in [4.78, 5) is 23.4. The van der Waals surface area contributed by atoms with Gasteiger partial charge in [-0.1, -0.05) is 32.9 Å². The summed E-state index contributed by atoms with van der Waals surface area (Å²) in [5.41, 5.74) is 1.05. The number of amides is 1. The maximum Gasteiger partial charge on any atom is 0.308 e. The fourth-order valence-electron chi connectivity index (χ4n) is 2.45. The van der Waals surface area contributed by atoms with E-state index >= 15 is 0 Å². The number of aliphatic carboxylic acids is 1. The van der Waals surface area contributed by atoms with E-state index in [4.69, 9.17) is 4.74 Å². The van der Waals surface area contributed by atoms with Crippen LogP contribution in [0, 0.1) is 17.8 Å². The summed E-state index contributed by atoms with van der Waals surface area (Å²) in [5.74, 6) is -0.657. The molecule has 1 aromatic carbocycles. The van der Waals surface area contributed by atoms with Crippen LogP contribution in [0.15, 0.2) is 24.3 Å². The van der Waals surface area contributed by atoms with Gasteiger partial charge in [0.2, 0.25) is 5.91 Å². The third-order valence-corrected chi connectivity index (χ3v) is 3.78. The van der Waals surface area contributed by atoms with Crippen molar-refractivity contribution < 1.29 is 19.4 Å². The molecule has 1 aromatic rings. The first-order valence-electron chi connectivity index (χ1n) is 7.97. The zero-order chi connectivity index (χ0) is 17.4. The number of methoxy groups -OCH3 is 1. The molecule has 1 rings (SSSR count). The van der Waals surface area contributed by atoms with Crippen LogP contribution >= 0.6 is 0 Å². The Kier molecular flexibility index (Phi) is 7.59. The molecular formula is C18H27NO4. The second-order valence-corrected chi connectivity index (χ2v) is 6.36. The van der Waals surface area contributed by atoms with Gasteiger partial charge in [-0.2, -0.15) is 0 Å². The first-order valence-corrected chi connectivity index (χ1v) is 7.97. The van der Waals surface area contributed by atoms with Gasteiger partial charge in [0.25, 0.3) is 0 Å². The number of carboxylic acids is 1. The zero-order valence-electron chi connectivity index (χ0n) is 14.3. The van der Waals surface area contributed by atoms with Gasteiger partial charge in [-0.25, -0.2) is 0 Å². The Morgan fingerprint density at radius 3 is 2.26 bits per heavy atom. The minimum Gasteiger partial charge on any atom is -0.497 e. The molecule has 0 aliphatic heterocycles. The molecule has 23 heavy (non-hydrogen) atoms. The van der Waals surface area contributed by atoms with Crippen LogP contribution in [0.1, 0.15) is 32.8 Å². The van der Waals surface area contributed by atoms with Crippen molar-refractivity contribution in [3.63, 3.8) is 0 Å². The quantitative estimate of drug-likeness (QED) is 0.733. The van der Waals surface area contributed by atoms with Gasteiger partial charge in [0.05, 0.1) is 13.0 Å². The Bertz CT molecular complexity index is 510. The fraction of sp³-hybridized carbons (Fsp3) is 0.556. The highest BCUT2D eigenvalue weighted by atomic mass is 16.5. The van der Waals surface area contributed by atoms with Crippen molar-refractivity contribution in [3.8, 4) is 5.75 Å². The largest absolute Gasteiger partial charge is 0.497 e. The van der Waals surface area contributed by atoms with Gasteiger partial charge >= 0.3 is 5.97 Å². The summed E-state index contributed by atoms with van der Waals surface area (Å²) >= 11 is 0. The number of hydrogen-bond donors (Lipinski definition) is 2. The average molecular weight is 321 g/mol. The van der Waals surface area contributed by atoms with Gasteiger partial charge in [0.1, 0.15) is 5.75 Å². The normalized spacial score (nSPS) is 13.4. The highest BCUT2D eigenvalue weighted by Gasteiger charge is 2.21. The molecule has 5 nitrogen and oxygen atoms in total. The van der Waals surface area contributed by atoms with E-state index < -0.39 is 11.9 Å². The lowest BCUT2D eigenvalue weighted by molar-refractivity contribution is -0.142. The minimum atomic E-state index is -0.859. The van der Waals surface area contributed by atoms with E-state index in [1.807, 2.05) is 45.0 Å². The smallest absolute Gasteiger partial charge is 0.308 e. The van der Waals surface area contributed by atoms with E-state index in [1.54, 1.807) is 7.11 Å². The van der Waals surface area contributed by atoms with Crippen molar-refractivity contribution in [2.75, 3.05) is 13.7 Å². The van der Waals surface area contributed by atoms with Crippen LogP contribution in [0.5, 0.6) is 5.75 Å². The number of carboxylic acid groups (broad SMARTS) is 1. The second-order valence-electron chi connectivity index (χ2n) is 6.36. The van der Waals surface area contributed by atoms with Gasteiger partial charge in [-0.05, 0) is 36.5 Å². The summed E-state index contributed by atoms with van der Waals surface area (Å²) in [6.45, 7) is 5.98. The standard InChI is InChI=1S/C18H27NO4/c1-12(2)9-15(18(21)22)11-19-17(20)13(3)10-14-5-7-16(23-4)8-6-14/h5-8,12-13,15H,9-11H2,1-4H3,(H,19,20)(H,21,22). The average Bonchev–Trinajstić information content (AvgIpc) is 2.51. The SMILES string of the molecule is COc1ccc(CC(C)C(=O)NCC(CC(C)C)C(=O)O)cc1. The van der Waals surface area contributed by atoms with Crippen LogP contribution in [0.25, 0.3) is 0 Å². The van der Waals surface area contributed by atoms with E-state index in [2.05, 4.69) is 5.32 Å². The van der Waals surface area contributed by atoms with Crippen molar-refractivity contribution in [1.82, 2.24) is 5.32 Å². The van der Waals surface area contributed by atoms with Crippen LogP contribution in [0.2, 0.25) is 0 Å². The van der Waals surface area contributed by atoms with Gasteiger partial charge in [0, 0.05) is 12.5 Å². The van der Waals surface area contributed by atoms with E-state index in [0.717, 1.165) is 11.3 Å². The van der Waals surface area contributed by atoms with Crippen molar-refractivity contribution >= 4 is 11.9 Å². The molecule has 2 atom stereocenters. The number of ether oxygens (including phenoxy) is 1. The fourth-order valence-corrected chi connectivity index (χ4v) is 2.45. The van der Waals surface area contributed by atoms with Crippen LogP contribution in [0.3, 0.4) is 0 Å². The molecule has 5 heteroatoms. The predicted molar refractivity (Wildman–Crippen MR) is 89.5 cm³/mol. The molecule has 0 radical (unpaired) electrons. The van der Waals surface area contributed by atoms with Crippen LogP contribution in [0.4, 0.5) is 0 Å². The lowest BCUT2D eigenvalue weighted by atomic mass is 9.96. The van der Waals surface area contributed by atoms with Crippen molar-refractivity contribution in [1.29, 1.82) is 0 Å².